The molecule has 0 bridgehead atoms. The zero-order valence-electron chi connectivity index (χ0n) is 11.7. The second kappa shape index (κ2) is 8.48. The van der Waals surface area contributed by atoms with Gasteiger partial charge in [-0.05, 0) is 18.8 Å². The van der Waals surface area contributed by atoms with Crippen LogP contribution in [-0.2, 0) is 4.79 Å². The first-order chi connectivity index (χ1) is 8.67. The first-order valence-electron chi connectivity index (χ1n) is 7.35. The summed E-state index contributed by atoms with van der Waals surface area (Å²) in [6, 6.07) is 0.378. The van der Waals surface area contributed by atoms with Crippen molar-refractivity contribution in [1.29, 1.82) is 0 Å². The Morgan fingerprint density at radius 1 is 1.28 bits per heavy atom. The third-order valence-corrected chi connectivity index (χ3v) is 3.95. The first-order valence-corrected chi connectivity index (χ1v) is 7.35. The van der Waals surface area contributed by atoms with E-state index in [0.717, 1.165) is 25.7 Å². The van der Waals surface area contributed by atoms with E-state index < -0.39 is 0 Å². The van der Waals surface area contributed by atoms with Crippen molar-refractivity contribution < 1.29 is 9.90 Å². The standard InChI is InChI=1S/C14H28N2O2/c1-3-11(4-2)13(17)9-15-10-14(18)16-12-7-5-6-8-12/h11-13,15,17H,3-10H2,1-2H3,(H,16,18). The lowest BCUT2D eigenvalue weighted by atomic mass is 9.97. The van der Waals surface area contributed by atoms with Crippen molar-refractivity contribution in [2.24, 2.45) is 5.92 Å². The van der Waals surface area contributed by atoms with Crippen LogP contribution < -0.4 is 10.6 Å². The lowest BCUT2D eigenvalue weighted by Crippen LogP contribution is -2.42. The average molecular weight is 256 g/mol. The molecule has 4 nitrogen and oxygen atoms in total. The second-order valence-corrected chi connectivity index (χ2v) is 5.32. The van der Waals surface area contributed by atoms with Gasteiger partial charge in [-0.15, -0.1) is 0 Å². The molecule has 0 heterocycles. The van der Waals surface area contributed by atoms with Gasteiger partial charge in [-0.2, -0.15) is 0 Å². The summed E-state index contributed by atoms with van der Waals surface area (Å²) in [7, 11) is 0. The fraction of sp³-hybridized carbons (Fsp3) is 0.929. The summed E-state index contributed by atoms with van der Waals surface area (Å²) in [6.07, 6.45) is 6.29. The molecule has 3 N–H and O–H groups in total. The highest BCUT2D eigenvalue weighted by Gasteiger charge is 2.18. The minimum Gasteiger partial charge on any atom is -0.392 e. The number of carbonyl (C=O) groups excluding carboxylic acids is 1. The van der Waals surface area contributed by atoms with Crippen LogP contribution in [0, 0.1) is 5.92 Å². The van der Waals surface area contributed by atoms with Crippen LogP contribution in [0.1, 0.15) is 52.4 Å². The van der Waals surface area contributed by atoms with Crippen LogP contribution in [0.4, 0.5) is 0 Å². The summed E-state index contributed by atoms with van der Waals surface area (Å²) in [4.78, 5) is 11.6. The molecular formula is C14H28N2O2. The molecule has 1 atom stereocenters. The zero-order chi connectivity index (χ0) is 13.4. The number of amides is 1. The van der Waals surface area contributed by atoms with Gasteiger partial charge in [0.05, 0.1) is 12.6 Å². The highest BCUT2D eigenvalue weighted by atomic mass is 16.3. The van der Waals surface area contributed by atoms with Crippen molar-refractivity contribution in [2.45, 2.75) is 64.5 Å². The lowest BCUT2D eigenvalue weighted by Gasteiger charge is -2.20. The van der Waals surface area contributed by atoms with Gasteiger partial charge in [-0.1, -0.05) is 39.5 Å². The number of hydrogen-bond donors (Lipinski definition) is 3. The first kappa shape index (κ1) is 15.4. The molecule has 0 radical (unpaired) electrons. The van der Waals surface area contributed by atoms with E-state index in [4.69, 9.17) is 0 Å². The Labute approximate surface area is 111 Å². The van der Waals surface area contributed by atoms with E-state index in [1.165, 1.54) is 12.8 Å². The van der Waals surface area contributed by atoms with E-state index in [1.54, 1.807) is 0 Å². The minimum absolute atomic E-state index is 0.0543. The van der Waals surface area contributed by atoms with Crippen molar-refractivity contribution in [3.63, 3.8) is 0 Å². The van der Waals surface area contributed by atoms with Crippen LogP contribution in [0.15, 0.2) is 0 Å². The number of carbonyl (C=O) groups is 1. The molecule has 1 amide bonds. The van der Waals surface area contributed by atoms with Gasteiger partial charge in [0.15, 0.2) is 0 Å². The van der Waals surface area contributed by atoms with E-state index in [1.807, 2.05) is 0 Å². The molecule has 1 rings (SSSR count). The number of aliphatic hydroxyl groups excluding tert-OH is 1. The predicted octanol–water partition coefficient (Wildman–Crippen LogP) is 1.43. The third-order valence-electron chi connectivity index (χ3n) is 3.95. The van der Waals surface area contributed by atoms with Gasteiger partial charge in [-0.3, -0.25) is 4.79 Å². The fourth-order valence-corrected chi connectivity index (χ4v) is 2.68. The maximum Gasteiger partial charge on any atom is 0.234 e. The highest BCUT2D eigenvalue weighted by Crippen LogP contribution is 2.17. The van der Waals surface area contributed by atoms with Gasteiger partial charge >= 0.3 is 0 Å². The van der Waals surface area contributed by atoms with E-state index in [-0.39, 0.29) is 12.0 Å². The summed E-state index contributed by atoms with van der Waals surface area (Å²) < 4.78 is 0. The summed E-state index contributed by atoms with van der Waals surface area (Å²) >= 11 is 0. The molecule has 0 spiro atoms. The SMILES string of the molecule is CCC(CC)C(O)CNCC(=O)NC1CCCC1. The molecule has 1 aliphatic carbocycles. The molecule has 1 unspecified atom stereocenters. The molecule has 1 aliphatic rings. The minimum atomic E-state index is -0.348. The molecule has 0 aromatic heterocycles. The van der Waals surface area contributed by atoms with Gasteiger partial charge in [0.1, 0.15) is 0 Å². The smallest absolute Gasteiger partial charge is 0.234 e. The molecular weight excluding hydrogens is 228 g/mol. The van der Waals surface area contributed by atoms with Gasteiger partial charge < -0.3 is 15.7 Å². The van der Waals surface area contributed by atoms with E-state index >= 15 is 0 Å². The molecule has 0 saturated heterocycles. The van der Waals surface area contributed by atoms with E-state index in [0.29, 0.717) is 25.0 Å². The number of nitrogens with one attached hydrogen (secondary N) is 2. The topological polar surface area (TPSA) is 61.4 Å². The van der Waals surface area contributed by atoms with Crippen molar-refractivity contribution in [3.8, 4) is 0 Å². The molecule has 1 saturated carbocycles. The van der Waals surface area contributed by atoms with Gasteiger partial charge in [-0.25, -0.2) is 0 Å². The van der Waals surface area contributed by atoms with Crippen LogP contribution in [0.5, 0.6) is 0 Å². The normalized spacial score (nSPS) is 18.2. The van der Waals surface area contributed by atoms with Crippen LogP contribution >= 0.6 is 0 Å². The van der Waals surface area contributed by atoms with Crippen molar-refractivity contribution >= 4 is 5.91 Å². The van der Waals surface area contributed by atoms with E-state index in [2.05, 4.69) is 24.5 Å². The fourth-order valence-electron chi connectivity index (χ4n) is 2.68. The van der Waals surface area contributed by atoms with Gasteiger partial charge in [0.2, 0.25) is 5.91 Å². The zero-order valence-corrected chi connectivity index (χ0v) is 11.7. The Morgan fingerprint density at radius 3 is 2.44 bits per heavy atom. The van der Waals surface area contributed by atoms with Crippen LogP contribution in [-0.4, -0.2) is 36.2 Å². The van der Waals surface area contributed by atoms with Crippen molar-refractivity contribution in [2.75, 3.05) is 13.1 Å². The quantitative estimate of drug-likeness (QED) is 0.616. The number of rotatable bonds is 8. The summed E-state index contributed by atoms with van der Waals surface area (Å²) in [5.74, 6) is 0.383. The molecule has 0 aromatic carbocycles. The molecule has 106 valence electrons. The van der Waals surface area contributed by atoms with Crippen LogP contribution in [0.25, 0.3) is 0 Å². The van der Waals surface area contributed by atoms with Gasteiger partial charge in [0.25, 0.3) is 0 Å². The Balaban J connectivity index is 2.10. The van der Waals surface area contributed by atoms with Crippen LogP contribution in [0.2, 0.25) is 0 Å². The monoisotopic (exact) mass is 256 g/mol. The van der Waals surface area contributed by atoms with Crippen molar-refractivity contribution in [3.05, 3.63) is 0 Å². The predicted molar refractivity (Wildman–Crippen MR) is 73.3 cm³/mol. The molecule has 0 aromatic rings. The Morgan fingerprint density at radius 2 is 1.89 bits per heavy atom. The number of aliphatic hydroxyl groups is 1. The maximum atomic E-state index is 11.6. The highest BCUT2D eigenvalue weighted by molar-refractivity contribution is 5.78. The van der Waals surface area contributed by atoms with Crippen molar-refractivity contribution in [1.82, 2.24) is 10.6 Å². The molecule has 0 aliphatic heterocycles. The van der Waals surface area contributed by atoms with E-state index in [9.17, 15) is 9.90 Å². The summed E-state index contributed by atoms with van der Waals surface area (Å²) in [5, 5.41) is 16.0. The molecule has 4 heteroatoms. The molecule has 1 fully saturated rings. The second-order valence-electron chi connectivity index (χ2n) is 5.32. The number of hydrogen-bond acceptors (Lipinski definition) is 3. The Bertz CT molecular complexity index is 236. The summed E-state index contributed by atoms with van der Waals surface area (Å²) in [5.41, 5.74) is 0. The Hall–Kier alpha value is -0.610. The summed E-state index contributed by atoms with van der Waals surface area (Å²) in [6.45, 7) is 4.99. The average Bonchev–Trinajstić information content (AvgIpc) is 2.83. The van der Waals surface area contributed by atoms with Crippen LogP contribution in [0.3, 0.4) is 0 Å². The Kier molecular flexibility index (Phi) is 7.28. The lowest BCUT2D eigenvalue weighted by molar-refractivity contribution is -0.121. The van der Waals surface area contributed by atoms with Gasteiger partial charge in [0, 0.05) is 12.6 Å². The molecule has 18 heavy (non-hydrogen) atoms. The maximum absolute atomic E-state index is 11.6. The largest absolute Gasteiger partial charge is 0.392 e. The third kappa shape index (κ3) is 5.36.